The van der Waals surface area contributed by atoms with Gasteiger partial charge < -0.3 is 19.9 Å². The number of rotatable bonds is 8. The van der Waals surface area contributed by atoms with Crippen molar-refractivity contribution in [1.29, 1.82) is 0 Å². The third-order valence-electron chi connectivity index (χ3n) is 4.23. The van der Waals surface area contributed by atoms with Crippen LogP contribution >= 0.6 is 0 Å². The van der Waals surface area contributed by atoms with Crippen molar-refractivity contribution in [1.82, 2.24) is 14.8 Å². The summed E-state index contributed by atoms with van der Waals surface area (Å²) in [6, 6.07) is 10.8. The largest absolute Gasteiger partial charge is 0.495 e. The Kier molecular flexibility index (Phi) is 7.16. The molecule has 144 valence electrons. The van der Waals surface area contributed by atoms with Gasteiger partial charge in [-0.05, 0) is 38.1 Å². The maximum Gasteiger partial charge on any atom is 0.257 e. The fraction of sp³-hybridized carbons (Fsp3) is 0.350. The summed E-state index contributed by atoms with van der Waals surface area (Å²) in [6.45, 7) is 5.08. The molecule has 0 fully saturated rings. The van der Waals surface area contributed by atoms with Gasteiger partial charge in [0, 0.05) is 26.3 Å². The van der Waals surface area contributed by atoms with Gasteiger partial charge in [0.1, 0.15) is 11.6 Å². The molecule has 0 atom stereocenters. The summed E-state index contributed by atoms with van der Waals surface area (Å²) in [5, 5.41) is 3.15. The number of benzene rings is 1. The van der Waals surface area contributed by atoms with Crippen LogP contribution in [0.25, 0.3) is 0 Å². The lowest BCUT2D eigenvalue weighted by molar-refractivity contribution is -0.131. The van der Waals surface area contributed by atoms with Crippen LogP contribution in [-0.4, -0.2) is 60.4 Å². The van der Waals surface area contributed by atoms with Crippen LogP contribution in [0.5, 0.6) is 5.75 Å². The molecule has 0 bridgehead atoms. The van der Waals surface area contributed by atoms with Gasteiger partial charge in [0.25, 0.3) is 5.91 Å². The molecule has 0 aliphatic rings. The zero-order valence-corrected chi connectivity index (χ0v) is 16.2. The van der Waals surface area contributed by atoms with Crippen LogP contribution in [0.4, 0.5) is 11.5 Å². The Morgan fingerprint density at radius 3 is 2.48 bits per heavy atom. The molecule has 1 heterocycles. The minimum absolute atomic E-state index is 0.0174. The number of carbonyl (C=O) groups excluding carboxylic acids is 2. The maximum atomic E-state index is 12.9. The Morgan fingerprint density at radius 2 is 1.81 bits per heavy atom. The van der Waals surface area contributed by atoms with Gasteiger partial charge in [-0.15, -0.1) is 0 Å². The maximum absolute atomic E-state index is 12.9. The van der Waals surface area contributed by atoms with E-state index in [1.165, 1.54) is 4.90 Å². The smallest absolute Gasteiger partial charge is 0.257 e. The van der Waals surface area contributed by atoms with Crippen LogP contribution in [0.3, 0.4) is 0 Å². The van der Waals surface area contributed by atoms with Crippen molar-refractivity contribution < 1.29 is 14.3 Å². The summed E-state index contributed by atoms with van der Waals surface area (Å²) in [5.41, 5.74) is 1.09. The molecule has 0 saturated heterocycles. The number of anilines is 2. The SMILES string of the molecule is CCN(CC)C(=O)CN(C)C(=O)c1cccnc1Nc1ccccc1OC. The van der Waals surface area contributed by atoms with Gasteiger partial charge in [-0.1, -0.05) is 12.1 Å². The molecule has 1 N–H and O–H groups in total. The summed E-state index contributed by atoms with van der Waals surface area (Å²) < 4.78 is 5.33. The Bertz CT molecular complexity index is 790. The van der Waals surface area contributed by atoms with E-state index >= 15 is 0 Å². The molecule has 0 radical (unpaired) electrons. The number of methoxy groups -OCH3 is 1. The highest BCUT2D eigenvalue weighted by Gasteiger charge is 2.21. The number of hydrogen-bond donors (Lipinski definition) is 1. The number of amides is 2. The first-order valence-electron chi connectivity index (χ1n) is 8.90. The molecule has 0 aliphatic heterocycles. The van der Waals surface area contributed by atoms with Crippen LogP contribution in [0.1, 0.15) is 24.2 Å². The number of carbonyl (C=O) groups is 2. The second-order valence-electron chi connectivity index (χ2n) is 5.95. The number of likely N-dealkylation sites (N-methyl/N-ethyl adjacent to an activating group) is 2. The first-order chi connectivity index (χ1) is 13.0. The van der Waals surface area contributed by atoms with Crippen molar-refractivity contribution in [2.45, 2.75) is 13.8 Å². The normalized spacial score (nSPS) is 10.2. The molecule has 1 aromatic heterocycles. The molecular weight excluding hydrogens is 344 g/mol. The number of pyridine rings is 1. The third-order valence-corrected chi connectivity index (χ3v) is 4.23. The average Bonchev–Trinajstić information content (AvgIpc) is 2.69. The number of aromatic nitrogens is 1. The monoisotopic (exact) mass is 370 g/mol. The molecule has 7 heteroatoms. The molecule has 2 aromatic rings. The molecule has 2 rings (SSSR count). The van der Waals surface area contributed by atoms with Crippen molar-refractivity contribution in [2.75, 3.05) is 39.1 Å². The van der Waals surface area contributed by atoms with E-state index in [0.29, 0.717) is 35.9 Å². The standard InChI is InChI=1S/C20H26N4O3/c1-5-24(6-2)18(25)14-23(3)20(26)15-10-9-13-21-19(15)22-16-11-7-8-12-17(16)27-4/h7-13H,5-6,14H2,1-4H3,(H,21,22). The fourth-order valence-corrected chi connectivity index (χ4v) is 2.71. The lowest BCUT2D eigenvalue weighted by Crippen LogP contribution is -2.41. The number of para-hydroxylation sites is 2. The number of nitrogens with one attached hydrogen (secondary N) is 1. The molecule has 1 aromatic carbocycles. The second kappa shape index (κ2) is 9.56. The molecule has 27 heavy (non-hydrogen) atoms. The van der Waals surface area contributed by atoms with Gasteiger partial charge in [0.05, 0.1) is 24.9 Å². The van der Waals surface area contributed by atoms with Gasteiger partial charge in [0.2, 0.25) is 5.91 Å². The fourth-order valence-electron chi connectivity index (χ4n) is 2.71. The third kappa shape index (κ3) is 4.97. The minimum Gasteiger partial charge on any atom is -0.495 e. The molecule has 0 unspecified atom stereocenters. The number of nitrogens with zero attached hydrogens (tertiary/aromatic N) is 3. The highest BCUT2D eigenvalue weighted by molar-refractivity contribution is 6.00. The summed E-state index contributed by atoms with van der Waals surface area (Å²) in [4.78, 5) is 32.6. The van der Waals surface area contributed by atoms with Crippen LogP contribution in [0.15, 0.2) is 42.6 Å². The number of ether oxygens (including phenoxy) is 1. The predicted octanol–water partition coefficient (Wildman–Crippen LogP) is 2.77. The molecular formula is C20H26N4O3. The Labute approximate surface area is 159 Å². The quantitative estimate of drug-likeness (QED) is 0.773. The van der Waals surface area contributed by atoms with E-state index in [4.69, 9.17) is 4.74 Å². The van der Waals surface area contributed by atoms with E-state index in [9.17, 15) is 9.59 Å². The van der Waals surface area contributed by atoms with Crippen LogP contribution < -0.4 is 10.1 Å². The van der Waals surface area contributed by atoms with Crippen molar-refractivity contribution in [3.63, 3.8) is 0 Å². The highest BCUT2D eigenvalue weighted by Crippen LogP contribution is 2.27. The lowest BCUT2D eigenvalue weighted by Gasteiger charge is -2.23. The topological polar surface area (TPSA) is 74.8 Å². The van der Waals surface area contributed by atoms with Crippen LogP contribution in [-0.2, 0) is 4.79 Å². The molecule has 7 nitrogen and oxygen atoms in total. The lowest BCUT2D eigenvalue weighted by atomic mass is 10.2. The van der Waals surface area contributed by atoms with Crippen molar-refractivity contribution in [3.8, 4) is 5.75 Å². The van der Waals surface area contributed by atoms with Gasteiger partial charge in [-0.2, -0.15) is 0 Å². The van der Waals surface area contributed by atoms with E-state index in [-0.39, 0.29) is 18.4 Å². The Balaban J connectivity index is 2.21. The minimum atomic E-state index is -0.277. The van der Waals surface area contributed by atoms with E-state index in [0.717, 1.165) is 0 Å². The van der Waals surface area contributed by atoms with Gasteiger partial charge in [-0.3, -0.25) is 9.59 Å². The zero-order valence-electron chi connectivity index (χ0n) is 16.2. The molecule has 0 aliphatic carbocycles. The zero-order chi connectivity index (χ0) is 19.8. The summed E-state index contributed by atoms with van der Waals surface area (Å²) in [5.74, 6) is 0.695. The van der Waals surface area contributed by atoms with Crippen molar-refractivity contribution in [2.24, 2.45) is 0 Å². The second-order valence-corrected chi connectivity index (χ2v) is 5.95. The average molecular weight is 370 g/mol. The van der Waals surface area contributed by atoms with E-state index in [1.807, 2.05) is 38.1 Å². The molecule has 0 spiro atoms. The van der Waals surface area contributed by atoms with Gasteiger partial charge in [0.15, 0.2) is 0 Å². The van der Waals surface area contributed by atoms with E-state index < -0.39 is 0 Å². The van der Waals surface area contributed by atoms with Crippen LogP contribution in [0, 0.1) is 0 Å². The van der Waals surface area contributed by atoms with Crippen LogP contribution in [0.2, 0.25) is 0 Å². The predicted molar refractivity (Wildman–Crippen MR) is 105 cm³/mol. The number of hydrogen-bond acceptors (Lipinski definition) is 5. The molecule has 2 amide bonds. The van der Waals surface area contributed by atoms with Gasteiger partial charge in [-0.25, -0.2) is 4.98 Å². The Morgan fingerprint density at radius 1 is 1.11 bits per heavy atom. The summed E-state index contributed by atoms with van der Waals surface area (Å²) >= 11 is 0. The van der Waals surface area contributed by atoms with Crippen molar-refractivity contribution in [3.05, 3.63) is 48.2 Å². The molecule has 0 saturated carbocycles. The summed E-state index contributed by atoms with van der Waals surface area (Å²) in [6.07, 6.45) is 1.61. The summed E-state index contributed by atoms with van der Waals surface area (Å²) in [7, 11) is 3.20. The Hall–Kier alpha value is -3.09. The van der Waals surface area contributed by atoms with Gasteiger partial charge >= 0.3 is 0 Å². The first kappa shape index (κ1) is 20.2. The van der Waals surface area contributed by atoms with Crippen molar-refractivity contribution >= 4 is 23.3 Å². The highest BCUT2D eigenvalue weighted by atomic mass is 16.5. The first-order valence-corrected chi connectivity index (χ1v) is 8.90. The van der Waals surface area contributed by atoms with E-state index in [2.05, 4.69) is 10.3 Å². The van der Waals surface area contributed by atoms with E-state index in [1.54, 1.807) is 37.4 Å².